The summed E-state index contributed by atoms with van der Waals surface area (Å²) in [5, 5.41) is 0. The molecule has 0 saturated carbocycles. The summed E-state index contributed by atoms with van der Waals surface area (Å²) < 4.78 is 5.59. The quantitative estimate of drug-likeness (QED) is 0.255. The number of unbranched alkanes of at least 4 members (excludes halogenated alkanes) is 15. The molecule has 0 aliphatic rings. The van der Waals surface area contributed by atoms with E-state index in [0.29, 0.717) is 0 Å². The Morgan fingerprint density at radius 1 is 0.478 bits per heavy atom. The third-order valence-corrected chi connectivity index (χ3v) is 4.64. The minimum Gasteiger partial charge on any atom is -0.381 e. The van der Waals surface area contributed by atoms with Crippen molar-refractivity contribution in [1.82, 2.24) is 0 Å². The van der Waals surface area contributed by atoms with Crippen molar-refractivity contribution in [1.29, 1.82) is 0 Å². The van der Waals surface area contributed by atoms with Crippen molar-refractivity contribution in [2.45, 2.75) is 116 Å². The summed E-state index contributed by atoms with van der Waals surface area (Å²) in [4.78, 5) is 0. The highest BCUT2D eigenvalue weighted by Crippen LogP contribution is 2.13. The van der Waals surface area contributed by atoms with Gasteiger partial charge in [-0.15, -0.1) is 0 Å². The van der Waals surface area contributed by atoms with Crippen LogP contribution in [0, 0.1) is 0 Å². The van der Waals surface area contributed by atoms with Crippen LogP contribution in [0.3, 0.4) is 0 Å². The van der Waals surface area contributed by atoms with Crippen molar-refractivity contribution in [3.05, 3.63) is 0 Å². The van der Waals surface area contributed by atoms with Gasteiger partial charge in [0, 0.05) is 13.2 Å². The number of hydrogen-bond acceptors (Lipinski definition) is 2. The lowest BCUT2D eigenvalue weighted by atomic mass is 10.0. The van der Waals surface area contributed by atoms with Gasteiger partial charge >= 0.3 is 0 Å². The van der Waals surface area contributed by atoms with Gasteiger partial charge in [-0.1, -0.05) is 96.8 Å². The summed E-state index contributed by atoms with van der Waals surface area (Å²) in [5.74, 6) is 0. The average Bonchev–Trinajstić information content (AvgIpc) is 2.57. The molecular formula is C21H45NO. The molecule has 0 aromatic carbocycles. The minimum absolute atomic E-state index is 0.794. The summed E-state index contributed by atoms with van der Waals surface area (Å²) in [6, 6.07) is 0. The minimum atomic E-state index is 0.794. The Labute approximate surface area is 146 Å². The molecule has 0 saturated heterocycles. The Bertz CT molecular complexity index is 176. The first kappa shape index (κ1) is 22.9. The van der Waals surface area contributed by atoms with Gasteiger partial charge in [0.05, 0.1) is 0 Å². The van der Waals surface area contributed by atoms with E-state index in [0.717, 1.165) is 32.6 Å². The molecule has 23 heavy (non-hydrogen) atoms. The van der Waals surface area contributed by atoms with Crippen LogP contribution in [0.25, 0.3) is 0 Å². The third kappa shape index (κ3) is 21.9. The first-order valence-electron chi connectivity index (χ1n) is 10.7. The highest BCUT2D eigenvalue weighted by atomic mass is 16.5. The zero-order valence-corrected chi connectivity index (χ0v) is 16.1. The molecule has 2 N–H and O–H groups in total. The second-order valence-electron chi connectivity index (χ2n) is 7.06. The van der Waals surface area contributed by atoms with Crippen molar-refractivity contribution in [3.63, 3.8) is 0 Å². The second kappa shape index (κ2) is 21.9. The Kier molecular flexibility index (Phi) is 21.8. The van der Waals surface area contributed by atoms with E-state index < -0.39 is 0 Å². The lowest BCUT2D eigenvalue weighted by Gasteiger charge is -2.04. The normalized spacial score (nSPS) is 11.2. The Balaban J connectivity index is 2.92. The maximum atomic E-state index is 5.59. The van der Waals surface area contributed by atoms with Gasteiger partial charge in [0.1, 0.15) is 0 Å². The molecule has 0 atom stereocenters. The average molecular weight is 328 g/mol. The summed E-state index contributed by atoms with van der Waals surface area (Å²) in [7, 11) is 0. The van der Waals surface area contributed by atoms with E-state index in [2.05, 4.69) is 6.92 Å². The van der Waals surface area contributed by atoms with Crippen LogP contribution in [0.4, 0.5) is 0 Å². The predicted molar refractivity (Wildman–Crippen MR) is 104 cm³/mol. The van der Waals surface area contributed by atoms with Crippen molar-refractivity contribution >= 4 is 0 Å². The standard InChI is InChI=1S/C21H45NO/c1-2-3-4-5-6-7-8-9-10-11-12-13-14-15-17-20-23-21-18-16-19-22/h2-22H2,1H3. The van der Waals surface area contributed by atoms with Crippen LogP contribution in [-0.2, 0) is 4.74 Å². The molecule has 2 nitrogen and oxygen atoms in total. The van der Waals surface area contributed by atoms with Gasteiger partial charge in [0.15, 0.2) is 0 Å². The van der Waals surface area contributed by atoms with Gasteiger partial charge in [-0.25, -0.2) is 0 Å². The molecule has 0 aliphatic heterocycles. The van der Waals surface area contributed by atoms with Crippen LogP contribution in [-0.4, -0.2) is 19.8 Å². The molecule has 0 bridgehead atoms. The fraction of sp³-hybridized carbons (Fsp3) is 1.00. The molecule has 0 spiro atoms. The first-order valence-corrected chi connectivity index (χ1v) is 10.7. The lowest BCUT2D eigenvalue weighted by molar-refractivity contribution is 0.126. The van der Waals surface area contributed by atoms with Gasteiger partial charge in [-0.2, -0.15) is 0 Å². The molecular weight excluding hydrogens is 282 g/mol. The van der Waals surface area contributed by atoms with Crippen LogP contribution in [0.15, 0.2) is 0 Å². The maximum Gasteiger partial charge on any atom is 0.0466 e. The lowest BCUT2D eigenvalue weighted by Crippen LogP contribution is -2.02. The summed E-state index contributed by atoms with van der Waals surface area (Å²) in [5.41, 5.74) is 5.45. The van der Waals surface area contributed by atoms with Crippen molar-refractivity contribution < 1.29 is 4.74 Å². The molecule has 0 aliphatic carbocycles. The number of ether oxygens (including phenoxy) is 1. The van der Waals surface area contributed by atoms with Gasteiger partial charge in [-0.3, -0.25) is 0 Å². The fourth-order valence-corrected chi connectivity index (χ4v) is 3.03. The van der Waals surface area contributed by atoms with E-state index in [1.807, 2.05) is 0 Å². The third-order valence-electron chi connectivity index (χ3n) is 4.64. The van der Waals surface area contributed by atoms with E-state index in [1.165, 1.54) is 96.3 Å². The number of rotatable bonds is 20. The van der Waals surface area contributed by atoms with E-state index in [-0.39, 0.29) is 0 Å². The van der Waals surface area contributed by atoms with Gasteiger partial charge < -0.3 is 10.5 Å². The number of hydrogen-bond donors (Lipinski definition) is 1. The monoisotopic (exact) mass is 327 g/mol. The molecule has 0 radical (unpaired) electrons. The van der Waals surface area contributed by atoms with Crippen molar-refractivity contribution in [3.8, 4) is 0 Å². The maximum absolute atomic E-state index is 5.59. The predicted octanol–water partition coefficient (Wildman–Crippen LogP) is 6.61. The van der Waals surface area contributed by atoms with Crippen molar-refractivity contribution in [2.24, 2.45) is 5.73 Å². The second-order valence-corrected chi connectivity index (χ2v) is 7.06. The van der Waals surface area contributed by atoms with E-state index in [9.17, 15) is 0 Å². The van der Waals surface area contributed by atoms with Crippen LogP contribution < -0.4 is 5.73 Å². The van der Waals surface area contributed by atoms with Crippen LogP contribution in [0.5, 0.6) is 0 Å². The smallest absolute Gasteiger partial charge is 0.0466 e. The van der Waals surface area contributed by atoms with E-state index in [4.69, 9.17) is 10.5 Å². The number of nitrogens with two attached hydrogens (primary N) is 1. The molecule has 0 fully saturated rings. The Morgan fingerprint density at radius 3 is 1.22 bits per heavy atom. The van der Waals surface area contributed by atoms with Gasteiger partial charge in [0.2, 0.25) is 0 Å². The molecule has 0 aromatic heterocycles. The summed E-state index contributed by atoms with van der Waals surface area (Å²) >= 11 is 0. The van der Waals surface area contributed by atoms with Crippen LogP contribution in [0.1, 0.15) is 116 Å². The molecule has 0 amide bonds. The zero-order chi connectivity index (χ0) is 16.8. The molecule has 0 rings (SSSR count). The molecule has 140 valence electrons. The van der Waals surface area contributed by atoms with Crippen LogP contribution in [0.2, 0.25) is 0 Å². The highest BCUT2D eigenvalue weighted by Gasteiger charge is 1.95. The topological polar surface area (TPSA) is 35.2 Å². The van der Waals surface area contributed by atoms with Gasteiger partial charge in [0.25, 0.3) is 0 Å². The highest BCUT2D eigenvalue weighted by molar-refractivity contribution is 4.49. The van der Waals surface area contributed by atoms with Crippen molar-refractivity contribution in [2.75, 3.05) is 19.8 Å². The fourth-order valence-electron chi connectivity index (χ4n) is 3.03. The largest absolute Gasteiger partial charge is 0.381 e. The zero-order valence-electron chi connectivity index (χ0n) is 16.1. The molecule has 2 heteroatoms. The molecule has 0 aromatic rings. The van der Waals surface area contributed by atoms with E-state index >= 15 is 0 Å². The molecule has 0 unspecified atom stereocenters. The Hall–Kier alpha value is -0.0800. The molecule has 0 heterocycles. The van der Waals surface area contributed by atoms with E-state index in [1.54, 1.807) is 0 Å². The van der Waals surface area contributed by atoms with Gasteiger partial charge in [-0.05, 0) is 25.8 Å². The Morgan fingerprint density at radius 2 is 0.826 bits per heavy atom. The summed E-state index contributed by atoms with van der Waals surface area (Å²) in [6.07, 6.45) is 23.5. The first-order chi connectivity index (χ1) is 11.4. The SMILES string of the molecule is CCCCCCCCCCCCCCCCCOCCCCN. The van der Waals surface area contributed by atoms with Crippen LogP contribution >= 0.6 is 0 Å². The summed E-state index contributed by atoms with van der Waals surface area (Å²) in [6.45, 7) is 4.93.